The van der Waals surface area contributed by atoms with Gasteiger partial charge in [-0.3, -0.25) is 4.90 Å². The lowest BCUT2D eigenvalue weighted by molar-refractivity contribution is 0.0696. The van der Waals surface area contributed by atoms with Crippen molar-refractivity contribution in [1.82, 2.24) is 4.90 Å². The quantitative estimate of drug-likeness (QED) is 0.756. The second-order valence-electron chi connectivity index (χ2n) is 5.60. The zero-order valence-electron chi connectivity index (χ0n) is 13.6. The molecule has 0 saturated carbocycles. The third kappa shape index (κ3) is 5.51. The van der Waals surface area contributed by atoms with E-state index in [9.17, 15) is 4.79 Å². The predicted octanol–water partition coefficient (Wildman–Crippen LogP) is 2.91. The Kier molecular flexibility index (Phi) is 6.50. The van der Waals surface area contributed by atoms with Gasteiger partial charge in [-0.1, -0.05) is 24.3 Å². The van der Waals surface area contributed by atoms with Crippen LogP contribution in [0.2, 0.25) is 0 Å². The van der Waals surface area contributed by atoms with Gasteiger partial charge in [-0.05, 0) is 42.4 Å². The maximum absolute atomic E-state index is 11.0. The molecular formula is C19H20N2O3. The van der Waals surface area contributed by atoms with Crippen LogP contribution in [0.25, 0.3) is 0 Å². The van der Waals surface area contributed by atoms with Crippen molar-refractivity contribution in [3.8, 4) is 6.07 Å². The number of benzene rings is 2. The van der Waals surface area contributed by atoms with Crippen molar-refractivity contribution >= 4 is 5.97 Å². The van der Waals surface area contributed by atoms with Gasteiger partial charge < -0.3 is 9.84 Å². The minimum Gasteiger partial charge on any atom is -0.478 e. The lowest BCUT2D eigenvalue weighted by atomic mass is 10.1. The van der Waals surface area contributed by atoms with Crippen molar-refractivity contribution in [3.05, 3.63) is 70.8 Å². The van der Waals surface area contributed by atoms with E-state index < -0.39 is 5.97 Å². The van der Waals surface area contributed by atoms with Crippen molar-refractivity contribution in [2.75, 3.05) is 20.2 Å². The molecule has 1 N–H and O–H groups in total. The van der Waals surface area contributed by atoms with Crippen LogP contribution in [0, 0.1) is 11.3 Å². The van der Waals surface area contributed by atoms with Crippen molar-refractivity contribution in [1.29, 1.82) is 5.26 Å². The predicted molar refractivity (Wildman–Crippen MR) is 90.5 cm³/mol. The number of carboxylic acids is 1. The smallest absolute Gasteiger partial charge is 0.335 e. The summed E-state index contributed by atoms with van der Waals surface area (Å²) in [7, 11) is 1.97. The number of hydrogen-bond donors (Lipinski definition) is 1. The van der Waals surface area contributed by atoms with Crippen LogP contribution in [0.4, 0.5) is 0 Å². The molecule has 0 fully saturated rings. The Morgan fingerprint density at radius 3 is 2.62 bits per heavy atom. The van der Waals surface area contributed by atoms with Gasteiger partial charge in [-0.2, -0.15) is 5.26 Å². The Hall–Kier alpha value is -2.68. The zero-order chi connectivity index (χ0) is 17.4. The number of carbonyl (C=O) groups is 1. The van der Waals surface area contributed by atoms with E-state index in [-0.39, 0.29) is 0 Å². The average molecular weight is 324 g/mol. The first-order valence-corrected chi connectivity index (χ1v) is 7.66. The summed E-state index contributed by atoms with van der Waals surface area (Å²) < 4.78 is 5.64. The molecule has 0 aromatic heterocycles. The van der Waals surface area contributed by atoms with Gasteiger partial charge in [-0.15, -0.1) is 0 Å². The van der Waals surface area contributed by atoms with Gasteiger partial charge in [0.2, 0.25) is 0 Å². The Labute approximate surface area is 141 Å². The fourth-order valence-electron chi connectivity index (χ4n) is 2.28. The van der Waals surface area contributed by atoms with E-state index in [0.717, 1.165) is 17.7 Å². The highest BCUT2D eigenvalue weighted by Crippen LogP contribution is 2.08. The van der Waals surface area contributed by atoms with Gasteiger partial charge >= 0.3 is 5.97 Å². The average Bonchev–Trinajstić information content (AvgIpc) is 2.59. The van der Waals surface area contributed by atoms with E-state index in [2.05, 4.69) is 11.0 Å². The lowest BCUT2D eigenvalue weighted by Crippen LogP contribution is -2.22. The van der Waals surface area contributed by atoms with Gasteiger partial charge in [0, 0.05) is 13.1 Å². The molecule has 0 aliphatic carbocycles. The first-order chi connectivity index (χ1) is 11.6. The van der Waals surface area contributed by atoms with Crippen LogP contribution >= 0.6 is 0 Å². The molecule has 0 bridgehead atoms. The summed E-state index contributed by atoms with van der Waals surface area (Å²) in [6.45, 7) is 2.50. The molecule has 5 heteroatoms. The number of carboxylic acid groups (broad SMARTS) is 1. The zero-order valence-corrected chi connectivity index (χ0v) is 13.6. The van der Waals surface area contributed by atoms with Gasteiger partial charge in [0.05, 0.1) is 30.4 Å². The minimum atomic E-state index is -0.912. The van der Waals surface area contributed by atoms with E-state index in [1.165, 1.54) is 0 Å². The second-order valence-corrected chi connectivity index (χ2v) is 5.60. The summed E-state index contributed by atoms with van der Waals surface area (Å²) in [5.74, 6) is -0.912. The fraction of sp³-hybridized carbons (Fsp3) is 0.263. The highest BCUT2D eigenvalue weighted by atomic mass is 16.5. The van der Waals surface area contributed by atoms with Crippen LogP contribution in [-0.2, 0) is 17.9 Å². The molecule has 2 rings (SSSR count). The monoisotopic (exact) mass is 324 g/mol. The summed E-state index contributed by atoms with van der Waals surface area (Å²) in [5, 5.41) is 17.8. The summed E-state index contributed by atoms with van der Waals surface area (Å²) in [5.41, 5.74) is 2.94. The SMILES string of the molecule is CN(CCOCc1ccc(C#N)cc1)Cc1cccc(C(=O)O)c1. The number of nitriles is 1. The Morgan fingerprint density at radius 1 is 1.21 bits per heavy atom. The molecule has 0 spiro atoms. The van der Waals surface area contributed by atoms with Crippen molar-refractivity contribution in [2.24, 2.45) is 0 Å². The van der Waals surface area contributed by atoms with E-state index in [4.69, 9.17) is 15.1 Å². The molecule has 0 atom stereocenters. The van der Waals surface area contributed by atoms with E-state index in [0.29, 0.717) is 30.9 Å². The molecule has 0 aliphatic heterocycles. The van der Waals surface area contributed by atoms with Gasteiger partial charge in [0.1, 0.15) is 0 Å². The Bertz CT molecular complexity index is 720. The largest absolute Gasteiger partial charge is 0.478 e. The van der Waals surface area contributed by atoms with Gasteiger partial charge in [0.25, 0.3) is 0 Å². The summed E-state index contributed by atoms with van der Waals surface area (Å²) >= 11 is 0. The molecule has 0 radical (unpaired) electrons. The fourth-order valence-corrected chi connectivity index (χ4v) is 2.28. The van der Waals surface area contributed by atoms with Crippen LogP contribution in [0.15, 0.2) is 48.5 Å². The minimum absolute atomic E-state index is 0.304. The first-order valence-electron chi connectivity index (χ1n) is 7.66. The second kappa shape index (κ2) is 8.82. The normalized spacial score (nSPS) is 10.5. The summed E-state index contributed by atoms with van der Waals surface area (Å²) in [6, 6.07) is 16.4. The third-order valence-corrected chi connectivity index (χ3v) is 3.60. The number of likely N-dealkylation sites (N-methyl/N-ethyl adjacent to an activating group) is 1. The molecule has 24 heavy (non-hydrogen) atoms. The van der Waals surface area contributed by atoms with Crippen LogP contribution in [-0.4, -0.2) is 36.2 Å². The van der Waals surface area contributed by atoms with Crippen molar-refractivity contribution < 1.29 is 14.6 Å². The maximum Gasteiger partial charge on any atom is 0.335 e. The number of hydrogen-bond acceptors (Lipinski definition) is 4. The molecule has 2 aromatic rings. The summed E-state index contributed by atoms with van der Waals surface area (Å²) in [6.07, 6.45) is 0. The highest BCUT2D eigenvalue weighted by Gasteiger charge is 2.05. The van der Waals surface area contributed by atoms with Crippen LogP contribution in [0.1, 0.15) is 27.0 Å². The van der Waals surface area contributed by atoms with Gasteiger partial charge in [0.15, 0.2) is 0 Å². The van der Waals surface area contributed by atoms with Crippen molar-refractivity contribution in [3.63, 3.8) is 0 Å². The number of ether oxygens (including phenoxy) is 1. The standard InChI is InChI=1S/C19H20N2O3/c1-21(13-17-3-2-4-18(11-17)19(22)23)9-10-24-14-16-7-5-15(12-20)6-8-16/h2-8,11H,9-10,13-14H2,1H3,(H,22,23). The van der Waals surface area contributed by atoms with E-state index >= 15 is 0 Å². The lowest BCUT2D eigenvalue weighted by Gasteiger charge is -2.17. The third-order valence-electron chi connectivity index (χ3n) is 3.60. The number of aromatic carboxylic acids is 1. The van der Waals surface area contributed by atoms with Crippen LogP contribution < -0.4 is 0 Å². The molecule has 124 valence electrons. The Balaban J connectivity index is 1.73. The molecule has 5 nitrogen and oxygen atoms in total. The molecule has 0 heterocycles. The number of nitrogens with zero attached hydrogens (tertiary/aromatic N) is 2. The maximum atomic E-state index is 11.0. The molecule has 2 aromatic carbocycles. The number of rotatable bonds is 8. The molecule has 0 unspecified atom stereocenters. The molecule has 0 saturated heterocycles. The van der Waals surface area contributed by atoms with Gasteiger partial charge in [-0.25, -0.2) is 4.79 Å². The van der Waals surface area contributed by atoms with Crippen molar-refractivity contribution in [2.45, 2.75) is 13.2 Å². The summed E-state index contributed by atoms with van der Waals surface area (Å²) in [4.78, 5) is 13.1. The van der Waals surface area contributed by atoms with Crippen LogP contribution in [0.3, 0.4) is 0 Å². The van der Waals surface area contributed by atoms with Crippen LogP contribution in [0.5, 0.6) is 0 Å². The molecule has 0 amide bonds. The Morgan fingerprint density at radius 2 is 1.96 bits per heavy atom. The molecule has 0 aliphatic rings. The topological polar surface area (TPSA) is 73.6 Å². The first kappa shape index (κ1) is 17.7. The highest BCUT2D eigenvalue weighted by molar-refractivity contribution is 5.87. The van der Waals surface area contributed by atoms with E-state index in [1.54, 1.807) is 30.3 Å². The van der Waals surface area contributed by atoms with E-state index in [1.807, 2.05) is 25.2 Å². The molecular weight excluding hydrogens is 304 g/mol.